The van der Waals surface area contributed by atoms with Crippen LogP contribution >= 0.6 is 0 Å². The molecule has 0 bridgehead atoms. The Morgan fingerprint density at radius 1 is 1.28 bits per heavy atom. The molecule has 0 fully saturated rings. The molecule has 0 atom stereocenters. The normalized spacial score (nSPS) is 11.2. The van der Waals surface area contributed by atoms with Crippen LogP contribution in [0.5, 0.6) is 5.75 Å². The van der Waals surface area contributed by atoms with Crippen molar-refractivity contribution in [3.63, 3.8) is 0 Å². The van der Waals surface area contributed by atoms with Crippen LogP contribution < -0.4 is 0 Å². The zero-order valence-electron chi connectivity index (χ0n) is 10.4. The van der Waals surface area contributed by atoms with Crippen molar-refractivity contribution in [1.29, 1.82) is 0 Å². The van der Waals surface area contributed by atoms with Crippen molar-refractivity contribution in [3.05, 3.63) is 35.5 Å². The number of halogens is 2. The topological polar surface area (TPSA) is 38.1 Å². The summed E-state index contributed by atoms with van der Waals surface area (Å²) in [5.74, 6) is -1.30. The lowest BCUT2D eigenvalue weighted by molar-refractivity contribution is 0.461. The molecule has 0 aliphatic rings. The van der Waals surface area contributed by atoms with Gasteiger partial charge < -0.3 is 5.11 Å². The Kier molecular flexibility index (Phi) is 3.07. The fourth-order valence-corrected chi connectivity index (χ4v) is 1.87. The van der Waals surface area contributed by atoms with Gasteiger partial charge in [-0.05, 0) is 39.0 Å². The van der Waals surface area contributed by atoms with Crippen molar-refractivity contribution in [2.45, 2.75) is 26.8 Å². The van der Waals surface area contributed by atoms with E-state index >= 15 is 0 Å². The lowest BCUT2D eigenvalue weighted by Gasteiger charge is -2.06. The van der Waals surface area contributed by atoms with Crippen LogP contribution in [0.15, 0.2) is 18.2 Å². The van der Waals surface area contributed by atoms with Gasteiger partial charge in [-0.15, -0.1) is 0 Å². The monoisotopic (exact) mass is 252 g/mol. The second-order valence-corrected chi connectivity index (χ2v) is 4.45. The summed E-state index contributed by atoms with van der Waals surface area (Å²) in [5, 5.41) is 14.1. The molecule has 2 rings (SSSR count). The lowest BCUT2D eigenvalue weighted by atomic mass is 10.1. The molecule has 0 aliphatic carbocycles. The van der Waals surface area contributed by atoms with E-state index in [-0.39, 0.29) is 23.0 Å². The molecular weight excluding hydrogens is 238 g/mol. The third kappa shape index (κ3) is 1.96. The maximum absolute atomic E-state index is 13.7. The van der Waals surface area contributed by atoms with Crippen molar-refractivity contribution >= 4 is 0 Å². The van der Waals surface area contributed by atoms with Gasteiger partial charge in [0.05, 0.1) is 5.69 Å². The predicted octanol–water partition coefficient (Wildman–Crippen LogP) is 3.42. The van der Waals surface area contributed by atoms with Gasteiger partial charge in [-0.3, -0.25) is 4.68 Å². The second-order valence-electron chi connectivity index (χ2n) is 4.45. The molecule has 0 radical (unpaired) electrons. The first kappa shape index (κ1) is 12.5. The summed E-state index contributed by atoms with van der Waals surface area (Å²) in [6, 6.07) is 3.11. The number of hydrogen-bond donors (Lipinski definition) is 1. The highest BCUT2D eigenvalue weighted by Crippen LogP contribution is 2.34. The number of benzene rings is 1. The van der Waals surface area contributed by atoms with Crippen LogP contribution in [0.4, 0.5) is 8.78 Å². The minimum absolute atomic E-state index is 0.0290. The van der Waals surface area contributed by atoms with Crippen molar-refractivity contribution in [3.8, 4) is 17.0 Å². The van der Waals surface area contributed by atoms with Crippen molar-refractivity contribution in [1.82, 2.24) is 9.78 Å². The Morgan fingerprint density at radius 3 is 2.50 bits per heavy atom. The molecule has 0 saturated carbocycles. The average Bonchev–Trinajstić information content (AvgIpc) is 2.60. The third-order valence-corrected chi connectivity index (χ3v) is 2.79. The molecule has 1 aromatic carbocycles. The number of nitrogens with zero attached hydrogens (tertiary/aromatic N) is 2. The highest BCUT2D eigenvalue weighted by molar-refractivity contribution is 5.67. The average molecular weight is 252 g/mol. The highest BCUT2D eigenvalue weighted by Gasteiger charge is 2.19. The Bertz CT molecular complexity index is 591. The van der Waals surface area contributed by atoms with Gasteiger partial charge >= 0.3 is 0 Å². The molecule has 1 aromatic heterocycles. The fraction of sp³-hybridized carbons (Fsp3) is 0.308. The lowest BCUT2D eigenvalue weighted by Crippen LogP contribution is -2.04. The molecular formula is C13H14F2N2O. The van der Waals surface area contributed by atoms with Crippen LogP contribution in [0.3, 0.4) is 0 Å². The number of aromatic hydroxyl groups is 1. The maximum atomic E-state index is 13.7. The van der Waals surface area contributed by atoms with Gasteiger partial charge in [0.1, 0.15) is 17.3 Å². The molecule has 1 N–H and O–H groups in total. The summed E-state index contributed by atoms with van der Waals surface area (Å²) in [6.07, 6.45) is 0. The van der Waals surface area contributed by atoms with Gasteiger partial charge in [-0.1, -0.05) is 0 Å². The summed E-state index contributed by atoms with van der Waals surface area (Å²) in [5.41, 5.74) is 0.567. The van der Waals surface area contributed by atoms with Crippen LogP contribution in [-0.2, 0) is 0 Å². The molecule has 3 nitrogen and oxygen atoms in total. The fourth-order valence-electron chi connectivity index (χ4n) is 1.87. The van der Waals surface area contributed by atoms with E-state index in [0.717, 1.165) is 18.2 Å². The third-order valence-electron chi connectivity index (χ3n) is 2.79. The van der Waals surface area contributed by atoms with Crippen LogP contribution in [0, 0.1) is 18.6 Å². The minimum Gasteiger partial charge on any atom is -0.504 e. The minimum atomic E-state index is -0.611. The molecule has 2 aromatic rings. The SMILES string of the molecule is Cc1c(O)c(-c2cc(F)ccc2F)nn1C(C)C. The molecule has 96 valence electrons. The largest absolute Gasteiger partial charge is 0.504 e. The predicted molar refractivity (Wildman–Crippen MR) is 64.4 cm³/mol. The first-order chi connectivity index (χ1) is 8.41. The Hall–Kier alpha value is -1.91. The molecule has 0 unspecified atom stereocenters. The first-order valence-corrected chi connectivity index (χ1v) is 5.65. The number of aromatic nitrogens is 2. The molecule has 1 heterocycles. The Morgan fingerprint density at radius 2 is 1.94 bits per heavy atom. The first-order valence-electron chi connectivity index (χ1n) is 5.65. The molecule has 0 spiro atoms. The number of rotatable bonds is 2. The molecule has 0 aliphatic heterocycles. The Balaban J connectivity index is 2.64. The van der Waals surface area contributed by atoms with Crippen LogP contribution in [0.2, 0.25) is 0 Å². The maximum Gasteiger partial charge on any atom is 0.164 e. The van der Waals surface area contributed by atoms with E-state index in [9.17, 15) is 13.9 Å². The van der Waals surface area contributed by atoms with Crippen molar-refractivity contribution in [2.24, 2.45) is 0 Å². The summed E-state index contributed by atoms with van der Waals surface area (Å²) in [6.45, 7) is 5.47. The van der Waals surface area contributed by atoms with Gasteiger partial charge in [0, 0.05) is 11.6 Å². The standard InChI is InChI=1S/C13H14F2N2O/c1-7(2)17-8(3)13(18)12(16-17)10-6-9(14)4-5-11(10)15/h4-7,18H,1-3H3. The van der Waals surface area contributed by atoms with E-state index in [0.29, 0.717) is 5.69 Å². The zero-order chi connectivity index (χ0) is 13.4. The van der Waals surface area contributed by atoms with Crippen LogP contribution in [0.25, 0.3) is 11.3 Å². The van der Waals surface area contributed by atoms with Gasteiger partial charge in [0.25, 0.3) is 0 Å². The molecule has 18 heavy (non-hydrogen) atoms. The molecule has 0 amide bonds. The number of hydrogen-bond acceptors (Lipinski definition) is 2. The summed E-state index contributed by atoms with van der Waals surface area (Å²) >= 11 is 0. The van der Waals surface area contributed by atoms with Gasteiger partial charge in [-0.2, -0.15) is 5.10 Å². The van der Waals surface area contributed by atoms with Gasteiger partial charge in [0.2, 0.25) is 0 Å². The van der Waals surface area contributed by atoms with Gasteiger partial charge in [0.15, 0.2) is 5.75 Å². The molecule has 5 heteroatoms. The smallest absolute Gasteiger partial charge is 0.164 e. The summed E-state index contributed by atoms with van der Waals surface area (Å²) in [4.78, 5) is 0. The van der Waals surface area contributed by atoms with E-state index in [1.165, 1.54) is 0 Å². The quantitative estimate of drug-likeness (QED) is 0.889. The Labute approximate surface area is 104 Å². The van der Waals surface area contributed by atoms with E-state index in [2.05, 4.69) is 5.10 Å². The van der Waals surface area contributed by atoms with E-state index in [4.69, 9.17) is 0 Å². The zero-order valence-corrected chi connectivity index (χ0v) is 10.4. The summed E-state index contributed by atoms with van der Waals surface area (Å²) < 4.78 is 28.4. The second kappa shape index (κ2) is 4.40. The van der Waals surface area contributed by atoms with E-state index in [1.54, 1.807) is 11.6 Å². The van der Waals surface area contributed by atoms with Crippen LogP contribution in [0.1, 0.15) is 25.6 Å². The molecule has 0 saturated heterocycles. The highest BCUT2D eigenvalue weighted by atomic mass is 19.1. The van der Waals surface area contributed by atoms with Gasteiger partial charge in [-0.25, -0.2) is 8.78 Å². The van der Waals surface area contributed by atoms with Crippen LogP contribution in [-0.4, -0.2) is 14.9 Å². The van der Waals surface area contributed by atoms with Crippen molar-refractivity contribution in [2.75, 3.05) is 0 Å². The van der Waals surface area contributed by atoms with E-state index in [1.807, 2.05) is 13.8 Å². The van der Waals surface area contributed by atoms with E-state index < -0.39 is 11.6 Å². The van der Waals surface area contributed by atoms with Crippen molar-refractivity contribution < 1.29 is 13.9 Å². The summed E-state index contributed by atoms with van der Waals surface area (Å²) in [7, 11) is 0.